The average molecular weight is 494 g/mol. The lowest BCUT2D eigenvalue weighted by Gasteiger charge is -2.25. The number of benzene rings is 3. The topological polar surface area (TPSA) is 63.7 Å². The van der Waals surface area contributed by atoms with E-state index in [0.29, 0.717) is 25.5 Å². The molecular weight excluding hydrogens is 462 g/mol. The largest absolute Gasteiger partial charge is 0.468 e. The van der Waals surface area contributed by atoms with Gasteiger partial charge in [-0.25, -0.2) is 4.68 Å². The predicted octanol–water partition coefficient (Wildman–Crippen LogP) is 6.61. The lowest BCUT2D eigenvalue weighted by atomic mass is 10.1. The van der Waals surface area contributed by atoms with Gasteiger partial charge < -0.3 is 14.3 Å². The SMILES string of the molecule is Cc1cccc(Oc2c(CN(Cc3ccco3)CC(O)c3ccccc3)c(C)nn2-c2ccccc2)c1. The van der Waals surface area contributed by atoms with Crippen LogP contribution in [-0.2, 0) is 13.1 Å². The highest BCUT2D eigenvalue weighted by atomic mass is 16.5. The number of ether oxygens (including phenoxy) is 1. The molecular formula is C31H31N3O3. The fourth-order valence-corrected chi connectivity index (χ4v) is 4.42. The lowest BCUT2D eigenvalue weighted by Crippen LogP contribution is -2.28. The molecule has 3 aromatic carbocycles. The van der Waals surface area contributed by atoms with Gasteiger partial charge in [0.05, 0.1) is 35.9 Å². The number of hydrogen-bond donors (Lipinski definition) is 1. The maximum Gasteiger partial charge on any atom is 0.227 e. The fraction of sp³-hybridized carbons (Fsp3) is 0.194. The standard InChI is InChI=1S/C31H31N3O3/c1-23-11-9-16-27(19-23)37-31-29(24(2)32-34(31)26-14-7-4-8-15-26)21-33(20-28-17-10-18-36-28)22-30(35)25-12-5-3-6-13-25/h3-19,30,35H,20-22H2,1-2H3. The van der Waals surface area contributed by atoms with Gasteiger partial charge in [-0.2, -0.15) is 5.10 Å². The van der Waals surface area contributed by atoms with E-state index in [9.17, 15) is 5.11 Å². The quantitative estimate of drug-likeness (QED) is 0.237. The predicted molar refractivity (Wildman–Crippen MR) is 144 cm³/mol. The molecule has 6 nitrogen and oxygen atoms in total. The van der Waals surface area contributed by atoms with Crippen LogP contribution in [0, 0.1) is 13.8 Å². The Morgan fingerprint density at radius 2 is 1.65 bits per heavy atom. The van der Waals surface area contributed by atoms with Crippen LogP contribution >= 0.6 is 0 Å². The summed E-state index contributed by atoms with van der Waals surface area (Å²) in [5, 5.41) is 15.9. The normalized spacial score (nSPS) is 12.1. The van der Waals surface area contributed by atoms with Crippen LogP contribution in [0.4, 0.5) is 0 Å². The average Bonchev–Trinajstić information content (AvgIpc) is 3.53. The van der Waals surface area contributed by atoms with Crippen LogP contribution < -0.4 is 4.74 Å². The Bertz CT molecular complexity index is 1410. The second kappa shape index (κ2) is 11.3. The Morgan fingerprint density at radius 1 is 0.892 bits per heavy atom. The van der Waals surface area contributed by atoms with Crippen molar-refractivity contribution < 1.29 is 14.3 Å². The van der Waals surface area contributed by atoms with E-state index in [4.69, 9.17) is 14.3 Å². The number of furan rings is 1. The van der Waals surface area contributed by atoms with E-state index in [1.807, 2.05) is 116 Å². The minimum absolute atomic E-state index is 0.421. The molecule has 0 spiro atoms. The molecule has 5 aromatic rings. The highest BCUT2D eigenvalue weighted by Gasteiger charge is 2.23. The van der Waals surface area contributed by atoms with Gasteiger partial charge in [-0.1, -0.05) is 60.7 Å². The van der Waals surface area contributed by atoms with Gasteiger partial charge in [0.15, 0.2) is 0 Å². The molecule has 0 aliphatic heterocycles. The van der Waals surface area contributed by atoms with Crippen molar-refractivity contribution in [2.75, 3.05) is 6.54 Å². The van der Waals surface area contributed by atoms with Crippen LogP contribution in [0.2, 0.25) is 0 Å². The molecule has 6 heteroatoms. The van der Waals surface area contributed by atoms with Gasteiger partial charge in [0.1, 0.15) is 11.5 Å². The molecule has 1 N–H and O–H groups in total. The van der Waals surface area contributed by atoms with Gasteiger partial charge in [0, 0.05) is 13.1 Å². The lowest BCUT2D eigenvalue weighted by molar-refractivity contribution is 0.0998. The molecule has 0 saturated heterocycles. The zero-order valence-corrected chi connectivity index (χ0v) is 21.1. The molecule has 1 atom stereocenters. The van der Waals surface area contributed by atoms with Gasteiger partial charge >= 0.3 is 0 Å². The third-order valence-corrected chi connectivity index (χ3v) is 6.30. The minimum Gasteiger partial charge on any atom is -0.468 e. The Hall–Kier alpha value is -4.13. The van der Waals surface area contributed by atoms with Crippen LogP contribution in [0.3, 0.4) is 0 Å². The van der Waals surface area contributed by atoms with Crippen molar-refractivity contribution in [3.63, 3.8) is 0 Å². The van der Waals surface area contributed by atoms with Crippen LogP contribution in [0.5, 0.6) is 11.6 Å². The molecule has 5 rings (SSSR count). The first-order valence-corrected chi connectivity index (χ1v) is 12.4. The van der Waals surface area contributed by atoms with Crippen molar-refractivity contribution in [1.29, 1.82) is 0 Å². The summed E-state index contributed by atoms with van der Waals surface area (Å²) in [6, 6.07) is 31.5. The molecule has 2 heterocycles. The van der Waals surface area contributed by atoms with Crippen molar-refractivity contribution in [3.8, 4) is 17.3 Å². The summed E-state index contributed by atoms with van der Waals surface area (Å²) in [7, 11) is 0. The van der Waals surface area contributed by atoms with Gasteiger partial charge in [-0.3, -0.25) is 4.90 Å². The van der Waals surface area contributed by atoms with Crippen molar-refractivity contribution in [3.05, 3.63) is 131 Å². The summed E-state index contributed by atoms with van der Waals surface area (Å²) in [4.78, 5) is 2.17. The molecule has 2 aromatic heterocycles. The molecule has 37 heavy (non-hydrogen) atoms. The first kappa shape index (κ1) is 24.6. The van der Waals surface area contributed by atoms with Gasteiger partial charge in [-0.15, -0.1) is 0 Å². The summed E-state index contributed by atoms with van der Waals surface area (Å²) >= 11 is 0. The number of hydrogen-bond acceptors (Lipinski definition) is 5. The Balaban J connectivity index is 1.51. The molecule has 0 aliphatic carbocycles. The van der Waals surface area contributed by atoms with E-state index in [2.05, 4.69) is 4.90 Å². The molecule has 188 valence electrons. The molecule has 0 radical (unpaired) electrons. The zero-order chi connectivity index (χ0) is 25.6. The Kier molecular flexibility index (Phi) is 7.49. The smallest absolute Gasteiger partial charge is 0.227 e. The Morgan fingerprint density at radius 3 is 2.35 bits per heavy atom. The summed E-state index contributed by atoms with van der Waals surface area (Å²) in [5.74, 6) is 2.24. The summed E-state index contributed by atoms with van der Waals surface area (Å²) in [6.45, 7) is 5.52. The number of rotatable bonds is 10. The number of para-hydroxylation sites is 1. The third-order valence-electron chi connectivity index (χ3n) is 6.30. The molecule has 1 unspecified atom stereocenters. The van der Waals surface area contributed by atoms with Gasteiger partial charge in [-0.05, 0) is 61.4 Å². The first-order chi connectivity index (χ1) is 18.1. The van der Waals surface area contributed by atoms with Crippen molar-refractivity contribution >= 4 is 0 Å². The van der Waals surface area contributed by atoms with Crippen LogP contribution in [0.1, 0.15) is 34.2 Å². The van der Waals surface area contributed by atoms with Crippen LogP contribution in [0.15, 0.2) is 108 Å². The second-order valence-electron chi connectivity index (χ2n) is 9.21. The second-order valence-corrected chi connectivity index (χ2v) is 9.21. The number of aryl methyl sites for hydroxylation is 2. The van der Waals surface area contributed by atoms with Crippen molar-refractivity contribution in [2.24, 2.45) is 0 Å². The maximum absolute atomic E-state index is 11.1. The molecule has 0 saturated carbocycles. The van der Waals surface area contributed by atoms with E-state index in [-0.39, 0.29) is 0 Å². The van der Waals surface area contributed by atoms with Crippen molar-refractivity contribution in [2.45, 2.75) is 33.0 Å². The summed E-state index contributed by atoms with van der Waals surface area (Å²) < 4.78 is 14.0. The van der Waals surface area contributed by atoms with Gasteiger partial charge in [0.2, 0.25) is 5.88 Å². The summed E-state index contributed by atoms with van der Waals surface area (Å²) in [6.07, 6.45) is 1.02. The zero-order valence-electron chi connectivity index (χ0n) is 21.1. The van der Waals surface area contributed by atoms with E-state index in [1.54, 1.807) is 6.26 Å². The molecule has 0 bridgehead atoms. The minimum atomic E-state index is -0.651. The Labute approximate surface area is 217 Å². The highest BCUT2D eigenvalue weighted by Crippen LogP contribution is 2.32. The first-order valence-electron chi connectivity index (χ1n) is 12.4. The van der Waals surface area contributed by atoms with Gasteiger partial charge in [0.25, 0.3) is 0 Å². The maximum atomic E-state index is 11.1. The molecule has 0 aliphatic rings. The number of nitrogens with zero attached hydrogens (tertiary/aromatic N) is 3. The van der Waals surface area contributed by atoms with E-state index in [1.165, 1.54) is 0 Å². The molecule has 0 fully saturated rings. The monoisotopic (exact) mass is 493 g/mol. The fourth-order valence-electron chi connectivity index (χ4n) is 4.42. The number of aromatic nitrogens is 2. The van der Waals surface area contributed by atoms with Crippen molar-refractivity contribution in [1.82, 2.24) is 14.7 Å². The van der Waals surface area contributed by atoms with E-state index in [0.717, 1.165) is 39.6 Å². The highest BCUT2D eigenvalue weighted by molar-refractivity contribution is 5.43. The van der Waals surface area contributed by atoms with Crippen LogP contribution in [0.25, 0.3) is 5.69 Å². The molecule has 0 amide bonds. The number of aliphatic hydroxyl groups is 1. The van der Waals surface area contributed by atoms with E-state index >= 15 is 0 Å². The third kappa shape index (κ3) is 6.00. The van der Waals surface area contributed by atoms with Crippen LogP contribution in [-0.4, -0.2) is 26.3 Å². The summed E-state index contributed by atoms with van der Waals surface area (Å²) in [5.41, 5.74) is 4.73. The number of aliphatic hydroxyl groups excluding tert-OH is 1. The van der Waals surface area contributed by atoms with E-state index < -0.39 is 6.10 Å².